The van der Waals surface area contributed by atoms with Gasteiger partial charge in [0.25, 0.3) is 0 Å². The minimum absolute atomic E-state index is 0.194. The van der Waals surface area contributed by atoms with Crippen molar-refractivity contribution in [3.63, 3.8) is 0 Å². The largest absolute Gasteiger partial charge is 0.354 e. The highest BCUT2D eigenvalue weighted by molar-refractivity contribution is 6.32. The van der Waals surface area contributed by atoms with E-state index in [2.05, 4.69) is 469 Å². The van der Waals surface area contributed by atoms with Gasteiger partial charge < -0.3 is 19.9 Å². The first-order valence-electron chi connectivity index (χ1n) is 51.7. The van der Waals surface area contributed by atoms with E-state index in [0.29, 0.717) is 12.8 Å². The summed E-state index contributed by atoms with van der Waals surface area (Å²) in [7, 11) is 0. The van der Waals surface area contributed by atoms with Gasteiger partial charge in [0, 0.05) is 93.9 Å². The van der Waals surface area contributed by atoms with Gasteiger partial charge in [-0.15, -0.1) is 0 Å². The predicted octanol–water partition coefficient (Wildman–Crippen LogP) is 36.1. The van der Waals surface area contributed by atoms with Gasteiger partial charge >= 0.3 is 0 Å². The average Bonchev–Trinajstić information content (AvgIpc) is 1.49. The fraction of sp³-hybridized carbons (Fsp3) is 0.394. The number of aromatic nitrogens is 8. The minimum atomic E-state index is -0.864. The summed E-state index contributed by atoms with van der Waals surface area (Å²) in [6.45, 7) is 85.2. The number of aromatic amines is 4. The molecule has 3 aliphatic heterocycles. The second kappa shape index (κ2) is 31.5. The fourth-order valence-electron chi connectivity index (χ4n) is 22.5. The Morgan fingerprint density at radius 2 is 0.536 bits per heavy atom. The van der Waals surface area contributed by atoms with Crippen LogP contribution in [-0.4, -0.2) is 39.9 Å². The van der Waals surface area contributed by atoms with Crippen LogP contribution in [0.15, 0.2) is 176 Å². The molecule has 718 valence electrons. The molecule has 0 radical (unpaired) electrons. The smallest absolute Gasteiger partial charge is 0.0817 e. The van der Waals surface area contributed by atoms with Crippen LogP contribution in [0.1, 0.15) is 373 Å². The molecule has 5 aliphatic rings. The number of H-pyrrole nitrogens is 4. The summed E-state index contributed by atoms with van der Waals surface area (Å²) < 4.78 is 0. The molecule has 0 saturated carbocycles. The first-order chi connectivity index (χ1) is 64.8. The maximum Gasteiger partial charge on any atom is 0.0817 e. The van der Waals surface area contributed by atoms with Crippen molar-refractivity contribution < 1.29 is 0 Å². The number of fused-ring (bicyclic) bond motifs is 15. The second-order valence-electron chi connectivity index (χ2n) is 54.7. The molecule has 0 fully saturated rings. The van der Waals surface area contributed by atoms with E-state index >= 15 is 0 Å². The summed E-state index contributed by atoms with van der Waals surface area (Å²) in [5.41, 5.74) is 43.7. The topological polar surface area (TPSA) is 115 Å². The Morgan fingerprint density at radius 1 is 0.250 bits per heavy atom. The zero-order valence-corrected chi connectivity index (χ0v) is 90.8. The third-order valence-corrected chi connectivity index (χ3v) is 31.5. The van der Waals surface area contributed by atoms with E-state index in [0.717, 1.165) is 178 Å². The Bertz CT molecular complexity index is 7940. The predicted molar refractivity (Wildman–Crippen MR) is 603 cm³/mol. The van der Waals surface area contributed by atoms with E-state index < -0.39 is 5.41 Å². The lowest BCUT2D eigenvalue weighted by Gasteiger charge is -2.42. The van der Waals surface area contributed by atoms with Crippen LogP contribution in [-0.2, 0) is 83.2 Å². The molecule has 16 bridgehead atoms. The molecular weight excluding hydrogens is 1700 g/mol. The Kier molecular flexibility index (Phi) is 21.5. The van der Waals surface area contributed by atoms with Gasteiger partial charge in [0.2, 0.25) is 0 Å². The van der Waals surface area contributed by atoms with Gasteiger partial charge in [0.1, 0.15) is 0 Å². The molecule has 140 heavy (non-hydrogen) atoms. The van der Waals surface area contributed by atoms with Crippen molar-refractivity contribution in [3.05, 3.63) is 294 Å². The van der Waals surface area contributed by atoms with Gasteiger partial charge in [-0.2, -0.15) is 0 Å². The molecule has 0 unspecified atom stereocenters. The summed E-state index contributed by atoms with van der Waals surface area (Å²) in [6, 6.07) is 71.2. The van der Waals surface area contributed by atoms with Crippen molar-refractivity contribution in [2.24, 2.45) is 0 Å². The summed E-state index contributed by atoms with van der Waals surface area (Å²) in [5.74, 6) is -0.260. The molecule has 2 aliphatic carbocycles. The maximum absolute atomic E-state index is 6.98. The van der Waals surface area contributed by atoms with E-state index in [-0.39, 0.29) is 70.9 Å². The molecule has 20 rings (SSSR count). The van der Waals surface area contributed by atoms with Crippen molar-refractivity contribution in [1.82, 2.24) is 39.9 Å². The third kappa shape index (κ3) is 16.4. The van der Waals surface area contributed by atoms with E-state index in [9.17, 15) is 0 Å². The summed E-state index contributed by atoms with van der Waals surface area (Å²) >= 11 is 0. The lowest BCUT2D eigenvalue weighted by Crippen LogP contribution is -2.40. The van der Waals surface area contributed by atoms with Crippen LogP contribution in [0.4, 0.5) is 0 Å². The Hall–Kier alpha value is -12.0. The molecule has 0 saturated heterocycles. The normalized spacial score (nSPS) is 16.0. The van der Waals surface area contributed by atoms with Crippen LogP contribution in [0.25, 0.3) is 168 Å². The molecule has 7 aromatic heterocycles. The Morgan fingerprint density at radius 3 is 0.871 bits per heavy atom. The van der Waals surface area contributed by atoms with Crippen LogP contribution in [0.3, 0.4) is 0 Å². The first kappa shape index (κ1) is 95.5. The molecule has 8 aromatic carbocycles. The van der Waals surface area contributed by atoms with Crippen molar-refractivity contribution in [1.29, 1.82) is 0 Å². The molecule has 4 N–H and O–H groups in total. The SMILES string of the molecule is CC(C)(C)c1cc(-c2c3nc(c(-c4cc(C(C)(C)C)cc(C(C)(C)C)c4)c4cc5c6cc7nc6c6c8[nH]c(cc8[C@@]89Cc%10ccccc%10C[C@@H]8c(nc9c6c5[nH]4)c(-c4cc(C(C)(C)C)cc(C(C)(C)C)c4)c4ccc2[nH]4)c(-c2cc(C(C)(C)C)cc(C(C)(C)C)c2)c2nc(c(-c4cc(C(C)(C)C)cc(C(C)(C)C)c4)c4ccc([nH]4)c7-c4cc(C(C)(C)C)cc(C(C)(C)C)c4)C=C2)C=C3)cc(C(C)(C)C)c1. The van der Waals surface area contributed by atoms with Crippen LogP contribution >= 0.6 is 0 Å². The number of benzene rings is 8. The number of rotatable bonds is 6. The molecule has 2 atom stereocenters. The third-order valence-electron chi connectivity index (χ3n) is 31.5. The molecule has 8 heteroatoms. The second-order valence-corrected chi connectivity index (χ2v) is 54.7. The van der Waals surface area contributed by atoms with Crippen LogP contribution < -0.4 is 0 Å². The fourth-order valence-corrected chi connectivity index (χ4v) is 22.5. The monoisotopic (exact) mass is 1850 g/mol. The number of nitrogens with zero attached hydrogens (tertiary/aromatic N) is 4. The zero-order valence-electron chi connectivity index (χ0n) is 90.8. The molecular formula is C132H150N8. The van der Waals surface area contributed by atoms with Crippen LogP contribution in [0.5, 0.6) is 0 Å². The highest BCUT2D eigenvalue weighted by Crippen LogP contribution is 2.63. The molecule has 8 nitrogen and oxygen atoms in total. The van der Waals surface area contributed by atoms with Crippen LogP contribution in [0.2, 0.25) is 0 Å². The van der Waals surface area contributed by atoms with E-state index in [1.54, 1.807) is 0 Å². The molecule has 1 spiro atoms. The molecule has 0 amide bonds. The average molecular weight is 1850 g/mol. The first-order valence-corrected chi connectivity index (χ1v) is 51.7. The van der Waals surface area contributed by atoms with E-state index in [4.69, 9.17) is 19.9 Å². The van der Waals surface area contributed by atoms with Crippen molar-refractivity contribution >= 4 is 101 Å². The van der Waals surface area contributed by atoms with Gasteiger partial charge in [-0.1, -0.05) is 383 Å². The summed E-state index contributed by atoms with van der Waals surface area (Å²) in [6.07, 6.45) is 10.7. The lowest BCUT2D eigenvalue weighted by molar-refractivity contribution is 0.403. The maximum atomic E-state index is 6.98. The molecule has 15 aromatic rings. The highest BCUT2D eigenvalue weighted by Gasteiger charge is 2.56. The van der Waals surface area contributed by atoms with Gasteiger partial charge in [-0.3, -0.25) is 4.98 Å². The van der Waals surface area contributed by atoms with Gasteiger partial charge in [-0.25, -0.2) is 15.0 Å². The minimum Gasteiger partial charge on any atom is -0.354 e. The van der Waals surface area contributed by atoms with Crippen molar-refractivity contribution in [3.8, 4) is 66.8 Å². The Labute approximate surface area is 833 Å². The Balaban J connectivity index is 1.11. The van der Waals surface area contributed by atoms with Crippen LogP contribution in [0, 0.1) is 0 Å². The lowest BCUT2D eigenvalue weighted by atomic mass is 9.58. The van der Waals surface area contributed by atoms with E-state index in [1.807, 2.05) is 0 Å². The summed E-state index contributed by atoms with van der Waals surface area (Å²) in [5, 5.41) is 4.18. The van der Waals surface area contributed by atoms with E-state index in [1.165, 1.54) is 83.5 Å². The van der Waals surface area contributed by atoms with Crippen molar-refractivity contribution in [2.45, 2.75) is 338 Å². The van der Waals surface area contributed by atoms with Gasteiger partial charge in [0.05, 0.1) is 61.6 Å². The summed E-state index contributed by atoms with van der Waals surface area (Å²) in [4.78, 5) is 44.3. The number of hydrogen-bond acceptors (Lipinski definition) is 4. The number of hydrogen-bond donors (Lipinski definition) is 4. The highest BCUT2D eigenvalue weighted by atomic mass is 14.9. The van der Waals surface area contributed by atoms with Gasteiger partial charge in [-0.05, 0) is 261 Å². The number of nitrogens with one attached hydrogen (secondary N) is 4. The standard InChI is InChI=1S/C132H150N8/c1-120(2,3)80-49-74(50-81(62-80)121(4,5)6)107-96-41-44-100(133-96)109(76-53-84(124(13,14)15)64-85(54-76)125(16,17)18)104-68-92-93-69-105-110(77-55-86(126(19,20)21)65-87(56-77)127(22,23)24)101-45-42-98(134-101)108(75-51-82(122(7,8)9)63-83(52-75)123(10,11)12)99-47-48-103(136-99)112(79-59-90(130(31,32)33)67-91(60-79)131(34,35)36)117-94-61-72-39-37-38-40-73(72)71-132(94)95-70-106(139-118(95)113(115(92)137-104)114(116(93)138-105)119(132)140-117)111(102-46-43-97(107)135-102)78-57-88(128(25,26)27)66-89(58-78)129(28,29)30/h37-60,62-70,94,133,136,138-139H,61,71H2,1-36H3/t94-,132-/m1/s1. The van der Waals surface area contributed by atoms with Crippen molar-refractivity contribution in [2.75, 3.05) is 0 Å². The van der Waals surface area contributed by atoms with Gasteiger partial charge in [0.15, 0.2) is 0 Å². The molecule has 10 heterocycles. The zero-order chi connectivity index (χ0) is 101. The quantitative estimate of drug-likeness (QED) is 0.133.